The highest BCUT2D eigenvalue weighted by Crippen LogP contribution is 2.26. The number of nitriles is 1. The van der Waals surface area contributed by atoms with Gasteiger partial charge in [0.2, 0.25) is 5.91 Å². The number of aromatic nitrogens is 1. The van der Waals surface area contributed by atoms with Crippen molar-refractivity contribution < 1.29 is 4.79 Å². The Morgan fingerprint density at radius 2 is 1.90 bits per heavy atom. The fourth-order valence-electron chi connectivity index (χ4n) is 4.18. The molecule has 8 heteroatoms. The molecule has 0 saturated carbocycles. The number of rotatable bonds is 4. The lowest BCUT2D eigenvalue weighted by atomic mass is 10.0. The highest BCUT2D eigenvalue weighted by molar-refractivity contribution is 5.92. The van der Waals surface area contributed by atoms with Gasteiger partial charge in [-0.2, -0.15) is 5.26 Å². The molecule has 0 bridgehead atoms. The van der Waals surface area contributed by atoms with E-state index < -0.39 is 0 Å². The number of piperidine rings is 1. The third-order valence-corrected chi connectivity index (χ3v) is 5.71. The van der Waals surface area contributed by atoms with E-state index in [1.807, 2.05) is 12.3 Å². The molecule has 4 rings (SSSR count). The zero-order valence-corrected chi connectivity index (χ0v) is 17.9. The van der Waals surface area contributed by atoms with E-state index in [0.717, 1.165) is 44.6 Å². The minimum absolute atomic E-state index is 0. The maximum Gasteiger partial charge on any atom is 0.237 e. The van der Waals surface area contributed by atoms with E-state index in [9.17, 15) is 4.79 Å². The number of benzene rings is 1. The van der Waals surface area contributed by atoms with Crippen molar-refractivity contribution in [3.63, 3.8) is 0 Å². The number of pyridine rings is 1. The fourth-order valence-corrected chi connectivity index (χ4v) is 4.18. The van der Waals surface area contributed by atoms with Crippen LogP contribution in [0, 0.1) is 11.3 Å². The number of carbonyl (C=O) groups is 1. The first kappa shape index (κ1) is 23.2. The van der Waals surface area contributed by atoms with Crippen LogP contribution in [0.3, 0.4) is 0 Å². The monoisotopic (exact) mass is 435 g/mol. The number of amides is 1. The van der Waals surface area contributed by atoms with Gasteiger partial charge in [0.15, 0.2) is 0 Å². The van der Waals surface area contributed by atoms with Gasteiger partial charge in [-0.1, -0.05) is 24.3 Å². The quantitative estimate of drug-likeness (QED) is 0.798. The highest BCUT2D eigenvalue weighted by Gasteiger charge is 2.29. The molecule has 156 valence electrons. The molecule has 1 N–H and O–H groups in total. The summed E-state index contributed by atoms with van der Waals surface area (Å²) in [7, 11) is 0. The Bertz CT molecular complexity index is 858. The molecule has 0 unspecified atom stereocenters. The van der Waals surface area contributed by atoms with Gasteiger partial charge in [-0.15, -0.1) is 24.8 Å². The van der Waals surface area contributed by atoms with Crippen molar-refractivity contribution in [1.29, 1.82) is 5.26 Å². The lowest BCUT2D eigenvalue weighted by Crippen LogP contribution is -2.47. The van der Waals surface area contributed by atoms with E-state index >= 15 is 0 Å². The molecule has 1 atom stereocenters. The molecule has 0 aliphatic carbocycles. The summed E-state index contributed by atoms with van der Waals surface area (Å²) in [4.78, 5) is 21.1. The van der Waals surface area contributed by atoms with Crippen LogP contribution in [0.1, 0.15) is 25.7 Å². The van der Waals surface area contributed by atoms with Crippen molar-refractivity contribution in [2.45, 2.75) is 37.8 Å². The van der Waals surface area contributed by atoms with E-state index in [1.165, 1.54) is 10.8 Å². The van der Waals surface area contributed by atoms with Crippen LogP contribution < -0.4 is 10.2 Å². The predicted molar refractivity (Wildman–Crippen MR) is 120 cm³/mol. The van der Waals surface area contributed by atoms with Crippen molar-refractivity contribution in [3.05, 3.63) is 36.5 Å². The van der Waals surface area contributed by atoms with Crippen LogP contribution in [0.4, 0.5) is 5.82 Å². The third-order valence-electron chi connectivity index (χ3n) is 5.71. The van der Waals surface area contributed by atoms with Gasteiger partial charge in [-0.3, -0.25) is 4.79 Å². The molecule has 2 fully saturated rings. The number of fused-ring (bicyclic) bond motifs is 1. The lowest BCUT2D eigenvalue weighted by Gasteiger charge is -2.34. The van der Waals surface area contributed by atoms with Crippen LogP contribution >= 0.6 is 24.8 Å². The van der Waals surface area contributed by atoms with Crippen LogP contribution in [0.15, 0.2) is 36.5 Å². The Hall–Kier alpha value is -2.07. The summed E-state index contributed by atoms with van der Waals surface area (Å²) in [5.74, 6) is 1.11. The van der Waals surface area contributed by atoms with E-state index in [-0.39, 0.29) is 36.8 Å². The van der Waals surface area contributed by atoms with E-state index in [4.69, 9.17) is 5.26 Å². The average Bonchev–Trinajstić information content (AvgIpc) is 3.21. The van der Waals surface area contributed by atoms with Gasteiger partial charge in [-0.05, 0) is 37.1 Å². The molecular formula is C21H27Cl2N5O. The van der Waals surface area contributed by atoms with Gasteiger partial charge < -0.3 is 15.1 Å². The summed E-state index contributed by atoms with van der Waals surface area (Å²) in [6.45, 7) is 2.90. The molecule has 29 heavy (non-hydrogen) atoms. The summed E-state index contributed by atoms with van der Waals surface area (Å²) in [5, 5.41) is 15.0. The standard InChI is InChI=1S/C21H25N5O.2ClH/c22-14-18-5-3-11-26(18)20(27)15-24-17-8-12-25(13-9-17)21-19-6-2-1-4-16(19)7-10-23-21;;/h1-2,4,6-7,10,17-18,24H,3,5,8-9,11-13,15H2;2*1H/t18-;;/m0../s1. The van der Waals surface area contributed by atoms with Crippen LogP contribution in [0.25, 0.3) is 10.8 Å². The zero-order chi connectivity index (χ0) is 18.6. The van der Waals surface area contributed by atoms with E-state index in [2.05, 4.69) is 45.5 Å². The van der Waals surface area contributed by atoms with Gasteiger partial charge in [0, 0.05) is 37.3 Å². The minimum atomic E-state index is -0.237. The second-order valence-electron chi connectivity index (χ2n) is 7.37. The maximum absolute atomic E-state index is 12.4. The Kier molecular flexibility index (Phi) is 8.51. The zero-order valence-electron chi connectivity index (χ0n) is 16.3. The molecule has 1 aromatic heterocycles. The molecule has 2 aromatic rings. The number of hydrogen-bond donors (Lipinski definition) is 1. The summed E-state index contributed by atoms with van der Waals surface area (Å²) in [6.07, 6.45) is 5.58. The lowest BCUT2D eigenvalue weighted by molar-refractivity contribution is -0.130. The second kappa shape index (κ2) is 10.6. The van der Waals surface area contributed by atoms with Crippen molar-refractivity contribution in [3.8, 4) is 6.07 Å². The van der Waals surface area contributed by atoms with Gasteiger partial charge in [0.1, 0.15) is 11.9 Å². The molecule has 2 aliphatic rings. The van der Waals surface area contributed by atoms with Crippen LogP contribution in [-0.4, -0.2) is 54.1 Å². The molecule has 1 amide bonds. The predicted octanol–water partition coefficient (Wildman–Crippen LogP) is 3.15. The highest BCUT2D eigenvalue weighted by atomic mass is 35.5. The molecule has 2 saturated heterocycles. The number of hydrogen-bond acceptors (Lipinski definition) is 5. The summed E-state index contributed by atoms with van der Waals surface area (Å²) >= 11 is 0. The molecule has 6 nitrogen and oxygen atoms in total. The Morgan fingerprint density at radius 3 is 2.66 bits per heavy atom. The summed E-state index contributed by atoms with van der Waals surface area (Å²) in [6, 6.07) is 12.7. The smallest absolute Gasteiger partial charge is 0.237 e. The molecule has 2 aliphatic heterocycles. The number of nitrogens with zero attached hydrogens (tertiary/aromatic N) is 4. The van der Waals surface area contributed by atoms with E-state index in [0.29, 0.717) is 19.1 Å². The Morgan fingerprint density at radius 1 is 1.14 bits per heavy atom. The van der Waals surface area contributed by atoms with Crippen molar-refractivity contribution in [1.82, 2.24) is 15.2 Å². The first-order valence-corrected chi connectivity index (χ1v) is 9.77. The number of likely N-dealkylation sites (tertiary alicyclic amines) is 1. The van der Waals surface area contributed by atoms with Crippen LogP contribution in [0.5, 0.6) is 0 Å². The topological polar surface area (TPSA) is 72.3 Å². The first-order valence-electron chi connectivity index (χ1n) is 9.77. The summed E-state index contributed by atoms with van der Waals surface area (Å²) in [5.41, 5.74) is 0. The molecule has 3 heterocycles. The van der Waals surface area contributed by atoms with Gasteiger partial charge in [0.25, 0.3) is 0 Å². The van der Waals surface area contributed by atoms with Crippen LogP contribution in [-0.2, 0) is 4.79 Å². The van der Waals surface area contributed by atoms with E-state index in [1.54, 1.807) is 4.90 Å². The third kappa shape index (κ3) is 5.11. The second-order valence-corrected chi connectivity index (χ2v) is 7.37. The van der Waals surface area contributed by atoms with Gasteiger partial charge >= 0.3 is 0 Å². The number of carbonyl (C=O) groups excluding carboxylic acids is 1. The Balaban J connectivity index is 0.00000150. The average molecular weight is 436 g/mol. The minimum Gasteiger partial charge on any atom is -0.356 e. The van der Waals surface area contributed by atoms with Gasteiger partial charge in [0.05, 0.1) is 12.6 Å². The SMILES string of the molecule is Cl.Cl.N#C[C@@H]1CCCN1C(=O)CNC1CCN(c2nccc3ccccc23)CC1. The Labute approximate surface area is 184 Å². The number of nitrogens with one attached hydrogen (secondary N) is 1. The van der Waals surface area contributed by atoms with Crippen molar-refractivity contribution in [2.75, 3.05) is 31.1 Å². The number of anilines is 1. The number of halogens is 2. The maximum atomic E-state index is 12.4. The normalized spacial score (nSPS) is 19.3. The van der Waals surface area contributed by atoms with Crippen molar-refractivity contribution in [2.24, 2.45) is 0 Å². The molecule has 0 spiro atoms. The van der Waals surface area contributed by atoms with Crippen molar-refractivity contribution >= 4 is 47.3 Å². The van der Waals surface area contributed by atoms with Gasteiger partial charge in [-0.25, -0.2) is 4.98 Å². The van der Waals surface area contributed by atoms with Crippen LogP contribution in [0.2, 0.25) is 0 Å². The molecular weight excluding hydrogens is 409 g/mol. The first-order chi connectivity index (χ1) is 13.3. The summed E-state index contributed by atoms with van der Waals surface area (Å²) < 4.78 is 0. The molecule has 0 radical (unpaired) electrons. The molecule has 1 aromatic carbocycles. The largest absolute Gasteiger partial charge is 0.356 e. The fraction of sp³-hybridized carbons (Fsp3) is 0.476.